The van der Waals surface area contributed by atoms with Crippen LogP contribution in [0, 0.1) is 36.5 Å². The predicted molar refractivity (Wildman–Crippen MR) is 169 cm³/mol. The number of rotatable bonds is 18. The molecule has 0 radical (unpaired) electrons. The number of aryl methyl sites for hydroxylation is 1. The van der Waals surface area contributed by atoms with Crippen LogP contribution in [0.5, 0.6) is 0 Å². The Balaban J connectivity index is 1.99. The molecule has 0 saturated heterocycles. The zero-order chi connectivity index (χ0) is 32.5. The summed E-state index contributed by atoms with van der Waals surface area (Å²) in [6, 6.07) is 10.3. The lowest BCUT2D eigenvalue weighted by molar-refractivity contribution is -0.655. The molecule has 0 fully saturated rings. The second-order valence-corrected chi connectivity index (χ2v) is 11.5. The maximum Gasteiger partial charge on any atom is 0.390 e. The average molecular weight is 624 g/mol. The van der Waals surface area contributed by atoms with Crippen LogP contribution in [0.15, 0.2) is 40.6 Å². The topological polar surface area (TPSA) is 165 Å². The van der Waals surface area contributed by atoms with Crippen LogP contribution in [-0.2, 0) is 23.9 Å². The molecule has 236 valence electrons. The molecule has 2 rings (SSSR count). The van der Waals surface area contributed by atoms with Gasteiger partial charge in [-0.3, -0.25) is 4.84 Å². The van der Waals surface area contributed by atoms with E-state index in [1.807, 2.05) is 26.0 Å². The van der Waals surface area contributed by atoms with Gasteiger partial charge in [-0.2, -0.15) is 16.4 Å². The molecule has 2 atom stereocenters. The Kier molecular flexibility index (Phi) is 15.8. The Hall–Kier alpha value is -4.10. The van der Waals surface area contributed by atoms with Gasteiger partial charge in [0, 0.05) is 37.3 Å². The molecule has 0 spiro atoms. The fourth-order valence-electron chi connectivity index (χ4n) is 4.29. The summed E-state index contributed by atoms with van der Waals surface area (Å²) in [6.07, 6.45) is 7.58. The Morgan fingerprint density at radius 1 is 1.02 bits per heavy atom. The number of esters is 1. The van der Waals surface area contributed by atoms with Crippen LogP contribution in [0.2, 0.25) is 0 Å². The van der Waals surface area contributed by atoms with Crippen LogP contribution >= 0.6 is 11.3 Å². The quantitative estimate of drug-likeness (QED) is 0.0666. The van der Waals surface area contributed by atoms with E-state index < -0.39 is 11.9 Å². The number of ether oxygens (including phenoxy) is 2. The van der Waals surface area contributed by atoms with Crippen molar-refractivity contribution in [2.45, 2.75) is 85.4 Å². The van der Waals surface area contributed by atoms with Gasteiger partial charge in [0.25, 0.3) is 0 Å². The molecule has 1 aromatic heterocycles. The lowest BCUT2D eigenvalue weighted by atomic mass is 10.1. The van der Waals surface area contributed by atoms with E-state index in [0.29, 0.717) is 39.7 Å². The van der Waals surface area contributed by atoms with Crippen LogP contribution in [0.3, 0.4) is 0 Å². The Morgan fingerprint density at radius 2 is 1.77 bits per heavy atom. The molecule has 0 aliphatic carbocycles. The van der Waals surface area contributed by atoms with Crippen LogP contribution in [0.1, 0.15) is 80.9 Å². The average Bonchev–Trinajstić information content (AvgIpc) is 3.32. The number of nitrogens with zero attached hydrogens (tertiary/aromatic N) is 5. The van der Waals surface area contributed by atoms with Gasteiger partial charge in [-0.1, -0.05) is 26.2 Å². The first-order chi connectivity index (χ1) is 21.1. The smallest absolute Gasteiger partial charge is 0.390 e. The van der Waals surface area contributed by atoms with E-state index in [-0.39, 0.29) is 12.2 Å². The van der Waals surface area contributed by atoms with Crippen molar-refractivity contribution >= 4 is 39.7 Å². The number of azo groups is 1. The van der Waals surface area contributed by atoms with Gasteiger partial charge in [-0.25, -0.2) is 9.59 Å². The van der Waals surface area contributed by atoms with Crippen molar-refractivity contribution in [1.82, 2.24) is 0 Å². The molecule has 1 aromatic carbocycles. The van der Waals surface area contributed by atoms with E-state index in [1.54, 1.807) is 13.8 Å². The standard InChI is InChI=1S/C32H43N6O5S/c1-6-7-8-9-16-38(17-14-23(3)41-18-15-24(4)42-30(39)12-13-31(40)43-35)26-10-11-28(22(2)19-26)36-37-32-27(20-33)25(5)29(21-34)44-32/h10-13,19,23-24H,6-9,14-18H2,1-5,35H3/q+1. The first kappa shape index (κ1) is 36.1. The van der Waals surface area contributed by atoms with Crippen molar-refractivity contribution in [3.8, 4) is 12.1 Å². The molecule has 3 N–H and O–H groups in total. The number of anilines is 1. The Morgan fingerprint density at radius 3 is 2.43 bits per heavy atom. The summed E-state index contributed by atoms with van der Waals surface area (Å²) in [5.41, 5.74) is 3.79. The fourth-order valence-corrected chi connectivity index (χ4v) is 5.17. The molecule has 2 aromatic rings. The molecule has 0 aliphatic heterocycles. The highest BCUT2D eigenvalue weighted by atomic mass is 32.1. The monoisotopic (exact) mass is 623 g/mol. The largest absolute Gasteiger partial charge is 0.459 e. The van der Waals surface area contributed by atoms with Crippen LogP contribution in [-0.4, -0.2) is 43.8 Å². The molecule has 44 heavy (non-hydrogen) atoms. The number of hydrogen-bond acceptors (Lipinski definition) is 11. The zero-order valence-corrected chi connectivity index (χ0v) is 27.1. The highest BCUT2D eigenvalue weighted by Gasteiger charge is 2.16. The van der Waals surface area contributed by atoms with Crippen molar-refractivity contribution in [3.05, 3.63) is 51.9 Å². The van der Waals surface area contributed by atoms with E-state index in [2.05, 4.69) is 51.0 Å². The lowest BCUT2D eigenvalue weighted by Gasteiger charge is -2.27. The maximum absolute atomic E-state index is 11.8. The number of carbonyl (C=O) groups is 2. The second-order valence-electron chi connectivity index (χ2n) is 10.5. The van der Waals surface area contributed by atoms with Crippen molar-refractivity contribution in [3.63, 3.8) is 0 Å². The molecule has 12 heteroatoms. The van der Waals surface area contributed by atoms with Gasteiger partial charge in [0.1, 0.15) is 23.1 Å². The molecule has 2 unspecified atom stereocenters. The van der Waals surface area contributed by atoms with Crippen molar-refractivity contribution in [2.24, 2.45) is 10.2 Å². The first-order valence-corrected chi connectivity index (χ1v) is 15.6. The van der Waals surface area contributed by atoms with Crippen molar-refractivity contribution in [2.75, 3.05) is 24.6 Å². The number of quaternary nitrogens is 1. The minimum atomic E-state index is -0.724. The van der Waals surface area contributed by atoms with E-state index in [1.165, 1.54) is 30.6 Å². The predicted octanol–water partition coefficient (Wildman–Crippen LogP) is 6.28. The van der Waals surface area contributed by atoms with Crippen molar-refractivity contribution < 1.29 is 29.8 Å². The minimum Gasteiger partial charge on any atom is -0.459 e. The summed E-state index contributed by atoms with van der Waals surface area (Å²) in [5.74, 6) is 1.64. The van der Waals surface area contributed by atoms with E-state index in [4.69, 9.17) is 9.47 Å². The van der Waals surface area contributed by atoms with Gasteiger partial charge in [0.15, 0.2) is 5.00 Å². The second kappa shape index (κ2) is 19.2. The molecular weight excluding hydrogens is 580 g/mol. The minimum absolute atomic E-state index is 0.00109. The highest BCUT2D eigenvalue weighted by molar-refractivity contribution is 7.16. The Labute approximate surface area is 263 Å². The van der Waals surface area contributed by atoms with Gasteiger partial charge in [-0.05, 0) is 69.9 Å². The van der Waals surface area contributed by atoms with Crippen molar-refractivity contribution in [1.29, 1.82) is 10.5 Å². The molecule has 11 nitrogen and oxygen atoms in total. The van der Waals surface area contributed by atoms with Crippen LogP contribution < -0.4 is 10.8 Å². The van der Waals surface area contributed by atoms with Gasteiger partial charge < -0.3 is 14.4 Å². The lowest BCUT2D eigenvalue weighted by Crippen LogP contribution is -2.50. The summed E-state index contributed by atoms with van der Waals surface area (Å²) >= 11 is 1.17. The van der Waals surface area contributed by atoms with Gasteiger partial charge in [0.2, 0.25) is 0 Å². The van der Waals surface area contributed by atoms with Gasteiger partial charge in [-0.15, -0.1) is 21.6 Å². The normalized spacial score (nSPS) is 12.5. The number of unbranched alkanes of at least 4 members (excludes halogenated alkanes) is 3. The number of benzene rings is 1. The number of carbonyl (C=O) groups excluding carboxylic acids is 2. The molecule has 1 heterocycles. The van der Waals surface area contributed by atoms with Gasteiger partial charge >= 0.3 is 11.9 Å². The number of thiophene rings is 1. The fraction of sp³-hybridized carbons (Fsp3) is 0.500. The summed E-state index contributed by atoms with van der Waals surface area (Å²) < 4.78 is 11.3. The van der Waals surface area contributed by atoms with E-state index >= 15 is 0 Å². The number of nitriles is 2. The molecule has 0 aliphatic rings. The molecule has 0 amide bonds. The summed E-state index contributed by atoms with van der Waals surface area (Å²) in [5, 5.41) is 27.9. The van der Waals surface area contributed by atoms with E-state index in [0.717, 1.165) is 49.3 Å². The summed E-state index contributed by atoms with van der Waals surface area (Å²) in [6.45, 7) is 11.9. The van der Waals surface area contributed by atoms with Crippen LogP contribution in [0.25, 0.3) is 0 Å². The van der Waals surface area contributed by atoms with E-state index in [9.17, 15) is 20.1 Å². The third-order valence-electron chi connectivity index (χ3n) is 6.96. The van der Waals surface area contributed by atoms with Crippen LogP contribution in [0.4, 0.5) is 16.4 Å². The maximum atomic E-state index is 11.8. The summed E-state index contributed by atoms with van der Waals surface area (Å²) in [7, 11) is 0. The SMILES string of the molecule is CCCCCCN(CCC(C)OCCC(C)OC(=O)C=CC(=O)O[NH3+])c1ccc(N=Nc2sc(C#N)c(C)c2C#N)c(C)c1. The third kappa shape index (κ3) is 11.9. The first-order valence-electron chi connectivity index (χ1n) is 14.8. The van der Waals surface area contributed by atoms with Gasteiger partial charge in [0.05, 0.1) is 24.0 Å². The summed E-state index contributed by atoms with van der Waals surface area (Å²) in [4.78, 5) is 29.9. The third-order valence-corrected chi connectivity index (χ3v) is 8.05. The molecule has 0 bridgehead atoms. The number of hydrogen-bond donors (Lipinski definition) is 1. The highest BCUT2D eigenvalue weighted by Crippen LogP contribution is 2.36. The molecular formula is C32H43N6O5S+. The zero-order valence-electron chi connectivity index (χ0n) is 26.3. The Bertz CT molecular complexity index is 1390. The molecule has 0 saturated carbocycles.